The van der Waals surface area contributed by atoms with Crippen LogP contribution in [0.15, 0.2) is 72.8 Å². The van der Waals surface area contributed by atoms with Crippen LogP contribution in [0.25, 0.3) is 0 Å². The normalized spacial score (nSPS) is 17.3. The van der Waals surface area contributed by atoms with Gasteiger partial charge in [0.2, 0.25) is 0 Å². The highest BCUT2D eigenvalue weighted by Crippen LogP contribution is 2.44. The fourth-order valence-corrected chi connectivity index (χ4v) is 4.59. The van der Waals surface area contributed by atoms with Gasteiger partial charge >= 0.3 is 5.97 Å². The lowest BCUT2D eigenvalue weighted by molar-refractivity contribution is -0.0440. The van der Waals surface area contributed by atoms with E-state index >= 15 is 0 Å². The van der Waals surface area contributed by atoms with Crippen LogP contribution in [-0.2, 0) is 16.9 Å². The lowest BCUT2D eigenvalue weighted by Gasteiger charge is -2.38. The van der Waals surface area contributed by atoms with Gasteiger partial charge in [-0.1, -0.05) is 42.5 Å². The van der Waals surface area contributed by atoms with Crippen LogP contribution in [-0.4, -0.2) is 31.1 Å². The molecule has 1 spiro atoms. The highest BCUT2D eigenvalue weighted by molar-refractivity contribution is 5.94. The van der Waals surface area contributed by atoms with Crippen LogP contribution in [0.2, 0.25) is 0 Å². The highest BCUT2D eigenvalue weighted by Gasteiger charge is 2.46. The summed E-state index contributed by atoms with van der Waals surface area (Å²) in [5.74, 6) is 2.00. The Kier molecular flexibility index (Phi) is 5.12. The monoisotopic (exact) mass is 415 g/mol. The van der Waals surface area contributed by atoms with E-state index in [0.717, 1.165) is 49.4 Å². The standard InChI is InChI=1S/C26H25NO4/c1-29-23-11-4-5-12-24(23)30-20-8-6-7-19(17-20)18-27-15-13-26(14-16-27)22-10-3-2-9-21(22)25(28)31-26/h2-12,17H,13-16,18H2,1H3. The molecule has 2 aliphatic rings. The van der Waals surface area contributed by atoms with Crippen molar-refractivity contribution in [3.05, 3.63) is 89.5 Å². The van der Waals surface area contributed by atoms with E-state index in [1.807, 2.05) is 60.7 Å². The van der Waals surface area contributed by atoms with Gasteiger partial charge < -0.3 is 14.2 Å². The van der Waals surface area contributed by atoms with Crippen molar-refractivity contribution >= 4 is 5.97 Å². The van der Waals surface area contributed by atoms with E-state index in [2.05, 4.69) is 17.0 Å². The second-order valence-electron chi connectivity index (χ2n) is 8.11. The topological polar surface area (TPSA) is 48.0 Å². The van der Waals surface area contributed by atoms with E-state index in [9.17, 15) is 4.79 Å². The van der Waals surface area contributed by atoms with Gasteiger partial charge in [-0.15, -0.1) is 0 Å². The second-order valence-corrected chi connectivity index (χ2v) is 8.11. The molecule has 31 heavy (non-hydrogen) atoms. The number of carbonyl (C=O) groups is 1. The molecule has 0 amide bonds. The average molecular weight is 415 g/mol. The fraction of sp³-hybridized carbons (Fsp3) is 0.269. The van der Waals surface area contributed by atoms with Crippen molar-refractivity contribution in [1.29, 1.82) is 0 Å². The Morgan fingerprint density at radius 2 is 1.68 bits per heavy atom. The van der Waals surface area contributed by atoms with Gasteiger partial charge in [0.1, 0.15) is 11.4 Å². The van der Waals surface area contributed by atoms with Gasteiger partial charge in [0.05, 0.1) is 12.7 Å². The number of methoxy groups -OCH3 is 1. The van der Waals surface area contributed by atoms with Crippen LogP contribution in [0.5, 0.6) is 17.2 Å². The molecule has 0 unspecified atom stereocenters. The third-order valence-electron chi connectivity index (χ3n) is 6.19. The maximum absolute atomic E-state index is 12.3. The van der Waals surface area contributed by atoms with E-state index in [-0.39, 0.29) is 5.97 Å². The summed E-state index contributed by atoms with van der Waals surface area (Å²) in [5, 5.41) is 0. The van der Waals surface area contributed by atoms with Gasteiger partial charge in [-0.25, -0.2) is 4.79 Å². The number of piperidine rings is 1. The molecule has 1 saturated heterocycles. The van der Waals surface area contributed by atoms with Crippen LogP contribution in [0.3, 0.4) is 0 Å². The minimum absolute atomic E-state index is 0.190. The summed E-state index contributed by atoms with van der Waals surface area (Å²) in [5.41, 5.74) is 2.50. The lowest BCUT2D eigenvalue weighted by atomic mass is 9.83. The van der Waals surface area contributed by atoms with E-state index in [1.165, 1.54) is 5.56 Å². The predicted molar refractivity (Wildman–Crippen MR) is 118 cm³/mol. The number of rotatable bonds is 5. The van der Waals surface area contributed by atoms with Gasteiger partial charge in [0, 0.05) is 38.0 Å². The number of esters is 1. The second kappa shape index (κ2) is 8.08. The molecule has 2 aliphatic heterocycles. The number of carbonyl (C=O) groups excluding carboxylic acids is 1. The number of hydrogen-bond donors (Lipinski definition) is 0. The summed E-state index contributed by atoms with van der Waals surface area (Å²) in [6.07, 6.45) is 1.63. The molecule has 0 aromatic heterocycles. The van der Waals surface area contributed by atoms with Crippen LogP contribution in [0, 0.1) is 0 Å². The molecule has 2 heterocycles. The number of benzene rings is 3. The summed E-state index contributed by atoms with van der Waals surface area (Å²) < 4.78 is 17.3. The first kappa shape index (κ1) is 19.6. The molecule has 5 heteroatoms. The quantitative estimate of drug-likeness (QED) is 0.540. The molecular weight excluding hydrogens is 390 g/mol. The minimum Gasteiger partial charge on any atom is -0.493 e. The molecule has 0 radical (unpaired) electrons. The molecule has 0 N–H and O–H groups in total. The number of likely N-dealkylation sites (tertiary alicyclic amines) is 1. The van der Waals surface area contributed by atoms with E-state index in [1.54, 1.807) is 7.11 Å². The van der Waals surface area contributed by atoms with Crippen molar-refractivity contribution in [3.8, 4) is 17.2 Å². The number of fused-ring (bicyclic) bond motifs is 2. The van der Waals surface area contributed by atoms with Crippen LogP contribution >= 0.6 is 0 Å². The van der Waals surface area contributed by atoms with Crippen molar-refractivity contribution in [1.82, 2.24) is 4.90 Å². The van der Waals surface area contributed by atoms with E-state index < -0.39 is 5.60 Å². The predicted octanol–water partition coefficient (Wildman–Crippen LogP) is 5.15. The lowest BCUT2D eigenvalue weighted by Crippen LogP contribution is -2.42. The zero-order valence-corrected chi connectivity index (χ0v) is 17.5. The van der Waals surface area contributed by atoms with Gasteiger partial charge in [-0.2, -0.15) is 0 Å². The highest BCUT2D eigenvalue weighted by atomic mass is 16.6. The van der Waals surface area contributed by atoms with Crippen LogP contribution in [0.4, 0.5) is 0 Å². The number of hydrogen-bond acceptors (Lipinski definition) is 5. The summed E-state index contributed by atoms with van der Waals surface area (Å²) in [6, 6.07) is 23.6. The van der Waals surface area contributed by atoms with Crippen LogP contribution in [0.1, 0.15) is 34.3 Å². The molecule has 158 valence electrons. The Morgan fingerprint density at radius 1 is 0.935 bits per heavy atom. The van der Waals surface area contributed by atoms with Crippen molar-refractivity contribution in [2.45, 2.75) is 25.0 Å². The van der Waals surface area contributed by atoms with Crippen molar-refractivity contribution in [3.63, 3.8) is 0 Å². The van der Waals surface area contributed by atoms with Crippen molar-refractivity contribution in [2.24, 2.45) is 0 Å². The van der Waals surface area contributed by atoms with Crippen LogP contribution < -0.4 is 9.47 Å². The Balaban J connectivity index is 1.25. The zero-order valence-electron chi connectivity index (χ0n) is 17.5. The van der Waals surface area contributed by atoms with E-state index in [0.29, 0.717) is 11.5 Å². The summed E-state index contributed by atoms with van der Waals surface area (Å²) >= 11 is 0. The molecular formula is C26H25NO4. The maximum Gasteiger partial charge on any atom is 0.339 e. The first-order valence-corrected chi connectivity index (χ1v) is 10.6. The first-order valence-electron chi connectivity index (χ1n) is 10.6. The molecule has 3 aromatic carbocycles. The third-order valence-corrected chi connectivity index (χ3v) is 6.19. The van der Waals surface area contributed by atoms with Crippen molar-refractivity contribution < 1.29 is 19.0 Å². The average Bonchev–Trinajstić information content (AvgIpc) is 3.08. The smallest absolute Gasteiger partial charge is 0.339 e. The summed E-state index contributed by atoms with van der Waals surface area (Å²) in [7, 11) is 1.64. The van der Waals surface area contributed by atoms with Gasteiger partial charge in [0.25, 0.3) is 0 Å². The Morgan fingerprint density at radius 3 is 2.48 bits per heavy atom. The Hall–Kier alpha value is -3.31. The minimum atomic E-state index is -0.459. The summed E-state index contributed by atoms with van der Waals surface area (Å²) in [4.78, 5) is 14.7. The fourth-order valence-electron chi connectivity index (χ4n) is 4.59. The molecule has 5 rings (SSSR count). The molecule has 0 saturated carbocycles. The number of para-hydroxylation sites is 2. The van der Waals surface area contributed by atoms with Gasteiger partial charge in [0.15, 0.2) is 11.5 Å². The molecule has 3 aromatic rings. The molecule has 0 bridgehead atoms. The first-order chi connectivity index (χ1) is 15.2. The number of ether oxygens (including phenoxy) is 3. The zero-order chi connectivity index (χ0) is 21.3. The maximum atomic E-state index is 12.3. The Labute approximate surface area is 182 Å². The molecule has 0 aliphatic carbocycles. The third kappa shape index (κ3) is 3.77. The van der Waals surface area contributed by atoms with Gasteiger partial charge in [-0.3, -0.25) is 4.90 Å². The number of nitrogens with zero attached hydrogens (tertiary/aromatic N) is 1. The summed E-state index contributed by atoms with van der Waals surface area (Å²) in [6.45, 7) is 2.58. The Bertz CT molecular complexity index is 1100. The largest absolute Gasteiger partial charge is 0.493 e. The molecule has 0 atom stereocenters. The van der Waals surface area contributed by atoms with Crippen molar-refractivity contribution in [2.75, 3.05) is 20.2 Å². The SMILES string of the molecule is COc1ccccc1Oc1cccc(CN2CCC3(CC2)OC(=O)c2ccccc23)c1. The molecule has 5 nitrogen and oxygen atoms in total. The van der Waals surface area contributed by atoms with Gasteiger partial charge in [-0.05, 0) is 35.9 Å². The van der Waals surface area contributed by atoms with E-state index in [4.69, 9.17) is 14.2 Å². The molecule has 1 fully saturated rings.